The molecule has 4 amide bonds. The molecule has 19 heteroatoms. The summed E-state index contributed by atoms with van der Waals surface area (Å²) in [4.78, 5) is 61.4. The molecule has 5 rings (SSSR count). The number of amides is 4. The molecule has 0 bridgehead atoms. The smallest absolute Gasteiger partial charge is 0.327 e. The zero-order valence-electron chi connectivity index (χ0n) is 30.4. The van der Waals surface area contributed by atoms with Crippen molar-refractivity contribution < 1.29 is 45.4 Å². The van der Waals surface area contributed by atoms with Gasteiger partial charge in [0, 0.05) is 31.1 Å². The minimum Gasteiger partial charge on any atom is -0.497 e. The van der Waals surface area contributed by atoms with Crippen LogP contribution in [0.15, 0.2) is 71.5 Å². The van der Waals surface area contributed by atoms with Gasteiger partial charge in [-0.05, 0) is 61.9 Å². The molecule has 0 spiro atoms. The van der Waals surface area contributed by atoms with Crippen LogP contribution in [0.4, 0.5) is 29.3 Å². The summed E-state index contributed by atoms with van der Waals surface area (Å²) < 4.78 is 76.0. The number of carbonyl (C=O) groups is 3. The second kappa shape index (κ2) is 17.1. The Morgan fingerprint density at radius 2 is 1.64 bits per heavy atom. The minimum atomic E-state index is -3.61. The molecule has 2 N–H and O–H groups in total. The number of urea groups is 1. The van der Waals surface area contributed by atoms with E-state index in [9.17, 15) is 40.8 Å². The van der Waals surface area contributed by atoms with Crippen molar-refractivity contribution in [3.05, 3.63) is 88.7 Å². The van der Waals surface area contributed by atoms with Crippen LogP contribution in [0.3, 0.4) is 0 Å². The van der Waals surface area contributed by atoms with E-state index in [1.165, 1.54) is 53.0 Å². The Morgan fingerprint density at radius 3 is 2.25 bits per heavy atom. The van der Waals surface area contributed by atoms with Gasteiger partial charge in [-0.2, -0.15) is 8.78 Å². The first-order valence-corrected chi connectivity index (χ1v) is 19.1. The SMILES string of the molecule is COc1ccc(N(C(=O)Nc2ccc(F)cc2)C(C)c2nc3ccccc3c(=O)n2N2CCN(C(=O)C(CCS(C)(=O)=O)NC(=O)C(F)F)CC2)c(OC)c1. The molecule has 0 saturated carbocycles. The first-order chi connectivity index (χ1) is 26.1. The third kappa shape index (κ3) is 9.45. The maximum atomic E-state index is 14.3. The summed E-state index contributed by atoms with van der Waals surface area (Å²) in [7, 11) is -0.725. The third-order valence-electron chi connectivity index (χ3n) is 8.94. The largest absolute Gasteiger partial charge is 0.497 e. The normalized spacial score (nSPS) is 14.3. The van der Waals surface area contributed by atoms with Crippen LogP contribution in [0.1, 0.15) is 25.2 Å². The summed E-state index contributed by atoms with van der Waals surface area (Å²) in [6.07, 6.45) is -2.92. The van der Waals surface area contributed by atoms with Crippen LogP contribution >= 0.6 is 0 Å². The molecular formula is C36H40F3N7O8S. The van der Waals surface area contributed by atoms with Crippen molar-refractivity contribution in [1.82, 2.24) is 19.9 Å². The number of nitrogens with one attached hydrogen (secondary N) is 2. The summed E-state index contributed by atoms with van der Waals surface area (Å²) in [6, 6.07) is 13.3. The van der Waals surface area contributed by atoms with Gasteiger partial charge in [-0.1, -0.05) is 12.1 Å². The number of rotatable bonds is 13. The lowest BCUT2D eigenvalue weighted by molar-refractivity contribution is -0.140. The summed E-state index contributed by atoms with van der Waals surface area (Å²) in [6.45, 7) is 1.58. The van der Waals surface area contributed by atoms with Gasteiger partial charge in [-0.15, -0.1) is 0 Å². The molecular weight excluding hydrogens is 747 g/mol. The topological polar surface area (TPSA) is 172 Å². The number of anilines is 2. The summed E-state index contributed by atoms with van der Waals surface area (Å²) in [5.74, 6) is -2.71. The van der Waals surface area contributed by atoms with Gasteiger partial charge in [-0.25, -0.2) is 27.3 Å². The van der Waals surface area contributed by atoms with Crippen molar-refractivity contribution in [1.29, 1.82) is 0 Å². The monoisotopic (exact) mass is 787 g/mol. The van der Waals surface area contributed by atoms with Crippen LogP contribution in [0.25, 0.3) is 10.9 Å². The molecule has 0 aliphatic carbocycles. The highest BCUT2D eigenvalue weighted by Crippen LogP contribution is 2.37. The summed E-state index contributed by atoms with van der Waals surface area (Å²) >= 11 is 0. The van der Waals surface area contributed by atoms with Crippen molar-refractivity contribution in [2.45, 2.75) is 31.9 Å². The first-order valence-electron chi connectivity index (χ1n) is 17.0. The lowest BCUT2D eigenvalue weighted by atomic mass is 10.1. The van der Waals surface area contributed by atoms with E-state index in [-0.39, 0.29) is 54.5 Å². The minimum absolute atomic E-state index is 0.0145. The molecule has 1 aliphatic heterocycles. The zero-order valence-corrected chi connectivity index (χ0v) is 31.2. The maximum absolute atomic E-state index is 14.3. The molecule has 1 aliphatic rings. The van der Waals surface area contributed by atoms with E-state index >= 15 is 0 Å². The van der Waals surface area contributed by atoms with E-state index < -0.39 is 69.7 Å². The highest BCUT2D eigenvalue weighted by molar-refractivity contribution is 7.90. The van der Waals surface area contributed by atoms with Gasteiger partial charge in [0.25, 0.3) is 11.5 Å². The van der Waals surface area contributed by atoms with Crippen molar-refractivity contribution in [3.63, 3.8) is 0 Å². The Morgan fingerprint density at radius 1 is 0.964 bits per heavy atom. The molecule has 4 aromatic rings. The second-order valence-corrected chi connectivity index (χ2v) is 14.9. The van der Waals surface area contributed by atoms with Gasteiger partial charge in [0.1, 0.15) is 33.2 Å². The zero-order chi connectivity index (χ0) is 40.0. The number of para-hydroxylation sites is 1. The molecule has 0 radical (unpaired) electrons. The number of piperazine rings is 1. The van der Waals surface area contributed by atoms with Gasteiger partial charge in [0.2, 0.25) is 5.91 Å². The molecule has 2 heterocycles. The van der Waals surface area contributed by atoms with E-state index in [1.807, 2.05) is 5.32 Å². The van der Waals surface area contributed by atoms with E-state index in [2.05, 4.69) is 5.32 Å². The van der Waals surface area contributed by atoms with Gasteiger partial charge in [0.05, 0.1) is 55.7 Å². The first kappa shape index (κ1) is 40.3. The van der Waals surface area contributed by atoms with Gasteiger partial charge in [-0.3, -0.25) is 19.3 Å². The van der Waals surface area contributed by atoms with Crippen LogP contribution in [0.2, 0.25) is 0 Å². The predicted octanol–water partition coefficient (Wildman–Crippen LogP) is 3.32. The van der Waals surface area contributed by atoms with E-state index in [4.69, 9.17) is 14.5 Å². The van der Waals surface area contributed by atoms with Crippen LogP contribution in [-0.4, -0.2) is 106 Å². The number of sulfone groups is 1. The van der Waals surface area contributed by atoms with Crippen LogP contribution in [0.5, 0.6) is 11.5 Å². The summed E-state index contributed by atoms with van der Waals surface area (Å²) in [5.41, 5.74) is 0.401. The standard InChI is InChI=1S/C36H40F3N7O8S/c1-22(45(29-14-13-25(53-2)21-30(29)54-3)36(50)40-24-11-9-23(37)10-12-24)32-41-27-8-6-5-7-26(27)34(48)46(32)44-18-16-43(17-19-44)35(49)28(15-20-55(4,51)52)42-33(47)31(38)39/h5-14,21-22,28,31H,15-20H2,1-4H3,(H,40,50)(H,42,47). The molecule has 2 atom stereocenters. The van der Waals surface area contributed by atoms with Crippen molar-refractivity contribution in [2.75, 3.05) is 67.6 Å². The molecule has 294 valence electrons. The molecule has 55 heavy (non-hydrogen) atoms. The number of hydrogen-bond donors (Lipinski definition) is 2. The Labute approximate surface area is 314 Å². The van der Waals surface area contributed by atoms with Crippen molar-refractivity contribution >= 4 is 50.0 Å². The number of carbonyl (C=O) groups excluding carboxylic acids is 3. The number of methoxy groups -OCH3 is 2. The fourth-order valence-corrected chi connectivity index (χ4v) is 6.82. The van der Waals surface area contributed by atoms with Gasteiger partial charge < -0.3 is 30.0 Å². The van der Waals surface area contributed by atoms with Gasteiger partial charge in [0.15, 0.2) is 5.82 Å². The maximum Gasteiger partial charge on any atom is 0.327 e. The molecule has 1 saturated heterocycles. The number of halogens is 3. The predicted molar refractivity (Wildman–Crippen MR) is 199 cm³/mol. The number of fused-ring (bicyclic) bond motifs is 1. The van der Waals surface area contributed by atoms with Crippen LogP contribution < -0.4 is 35.6 Å². The molecule has 3 aromatic carbocycles. The van der Waals surface area contributed by atoms with Gasteiger partial charge >= 0.3 is 12.5 Å². The van der Waals surface area contributed by atoms with Crippen LogP contribution in [0, 0.1) is 5.82 Å². The highest BCUT2D eigenvalue weighted by atomic mass is 32.2. The summed E-state index contributed by atoms with van der Waals surface area (Å²) in [5, 5.41) is 6.61. The number of benzene rings is 3. The highest BCUT2D eigenvalue weighted by Gasteiger charge is 2.35. The molecule has 1 aromatic heterocycles. The number of alkyl halides is 2. The molecule has 2 unspecified atom stereocenters. The van der Waals surface area contributed by atoms with Crippen LogP contribution in [-0.2, 0) is 19.4 Å². The quantitative estimate of drug-likeness (QED) is 0.205. The third-order valence-corrected chi connectivity index (χ3v) is 9.92. The van der Waals surface area contributed by atoms with E-state index in [0.29, 0.717) is 11.3 Å². The van der Waals surface area contributed by atoms with Crippen molar-refractivity contribution in [2.24, 2.45) is 0 Å². The lowest BCUT2D eigenvalue weighted by Gasteiger charge is -2.40. The number of ether oxygens (including phenoxy) is 2. The van der Waals surface area contributed by atoms with E-state index in [0.717, 1.165) is 6.26 Å². The second-order valence-electron chi connectivity index (χ2n) is 12.7. The Balaban J connectivity index is 1.53. The fourth-order valence-electron chi connectivity index (χ4n) is 6.16. The Bertz CT molecular complexity index is 2220. The van der Waals surface area contributed by atoms with E-state index in [1.54, 1.807) is 54.4 Å². The molecule has 15 nitrogen and oxygen atoms in total. The average Bonchev–Trinajstić information content (AvgIpc) is 3.16. The fraction of sp³-hybridized carbons (Fsp3) is 0.361. The Hall–Kier alpha value is -5.85. The number of aromatic nitrogens is 2. The molecule has 1 fully saturated rings. The lowest BCUT2D eigenvalue weighted by Crippen LogP contribution is -2.60. The number of nitrogens with zero attached hydrogens (tertiary/aromatic N) is 5. The average molecular weight is 788 g/mol. The Kier molecular flexibility index (Phi) is 12.5. The van der Waals surface area contributed by atoms with Crippen molar-refractivity contribution in [3.8, 4) is 11.5 Å². The number of hydrogen-bond acceptors (Lipinski definition) is 10.